The molecular weight excluding hydrogens is 380 g/mol. The number of likely N-dealkylation sites (tertiary alicyclic amines) is 1. The van der Waals surface area contributed by atoms with Crippen LogP contribution in [-0.2, 0) is 19.8 Å². The lowest BCUT2D eigenvalue weighted by molar-refractivity contribution is -0.145. The van der Waals surface area contributed by atoms with Gasteiger partial charge in [-0.3, -0.25) is 14.4 Å². The highest BCUT2D eigenvalue weighted by atomic mass is 35.5. The maximum Gasteiger partial charge on any atom is 0.315 e. The van der Waals surface area contributed by atoms with Crippen molar-refractivity contribution >= 4 is 40.8 Å². The van der Waals surface area contributed by atoms with Gasteiger partial charge in [-0.15, -0.1) is 0 Å². The molecule has 2 aliphatic heterocycles. The summed E-state index contributed by atoms with van der Waals surface area (Å²) in [4.78, 5) is 44.9. The van der Waals surface area contributed by atoms with Crippen molar-refractivity contribution in [3.8, 4) is 0 Å². The number of halogens is 1. The van der Waals surface area contributed by atoms with Crippen LogP contribution in [0.5, 0.6) is 0 Å². The molecule has 28 heavy (non-hydrogen) atoms. The van der Waals surface area contributed by atoms with Gasteiger partial charge in [-0.25, -0.2) is 4.98 Å². The van der Waals surface area contributed by atoms with Crippen molar-refractivity contribution in [1.82, 2.24) is 9.88 Å². The SMILES string of the molecule is CN1C(=O)C2(CCN(C(=O)C(=O)Nc3ccc(Cl)cn3)CC2)c2ccccc21. The summed E-state index contributed by atoms with van der Waals surface area (Å²) in [5.74, 6) is -1.06. The van der Waals surface area contributed by atoms with Crippen molar-refractivity contribution in [3.05, 3.63) is 53.2 Å². The Morgan fingerprint density at radius 1 is 1.14 bits per heavy atom. The molecule has 1 spiro atoms. The normalized spacial score (nSPS) is 17.6. The zero-order valence-corrected chi connectivity index (χ0v) is 16.1. The largest absolute Gasteiger partial charge is 0.334 e. The highest BCUT2D eigenvalue weighted by molar-refractivity contribution is 6.39. The van der Waals surface area contributed by atoms with Crippen LogP contribution in [0.15, 0.2) is 42.6 Å². The number of carbonyl (C=O) groups excluding carboxylic acids is 3. The fourth-order valence-electron chi connectivity index (χ4n) is 4.05. The van der Waals surface area contributed by atoms with Crippen molar-refractivity contribution in [1.29, 1.82) is 0 Å². The molecule has 7 nitrogen and oxygen atoms in total. The van der Waals surface area contributed by atoms with E-state index < -0.39 is 17.2 Å². The number of amides is 3. The Hall–Kier alpha value is -2.93. The quantitative estimate of drug-likeness (QED) is 0.746. The van der Waals surface area contributed by atoms with Gasteiger partial charge in [0.15, 0.2) is 0 Å². The van der Waals surface area contributed by atoms with Crippen LogP contribution in [0.25, 0.3) is 0 Å². The third kappa shape index (κ3) is 2.92. The topological polar surface area (TPSA) is 82.6 Å². The van der Waals surface area contributed by atoms with Gasteiger partial charge < -0.3 is 15.1 Å². The molecule has 1 aromatic carbocycles. The summed E-state index contributed by atoms with van der Waals surface area (Å²) in [6, 6.07) is 10.9. The molecule has 3 amide bonds. The van der Waals surface area contributed by atoms with Crippen LogP contribution in [-0.4, -0.2) is 47.7 Å². The number of carbonyl (C=O) groups is 3. The number of fused-ring (bicyclic) bond motifs is 2. The van der Waals surface area contributed by atoms with E-state index in [0.29, 0.717) is 31.0 Å². The van der Waals surface area contributed by atoms with Crippen LogP contribution in [0.3, 0.4) is 0 Å². The predicted octanol–water partition coefficient (Wildman–Crippen LogP) is 2.21. The summed E-state index contributed by atoms with van der Waals surface area (Å²) in [6.07, 6.45) is 2.38. The minimum atomic E-state index is -0.749. The number of piperidine rings is 1. The number of anilines is 2. The summed E-state index contributed by atoms with van der Waals surface area (Å²) in [6.45, 7) is 0.683. The highest BCUT2D eigenvalue weighted by Gasteiger charge is 2.51. The molecule has 0 radical (unpaired) electrons. The zero-order valence-electron chi connectivity index (χ0n) is 15.3. The van der Waals surface area contributed by atoms with Crippen LogP contribution in [0.1, 0.15) is 18.4 Å². The van der Waals surface area contributed by atoms with Crippen LogP contribution < -0.4 is 10.2 Å². The molecule has 2 aromatic rings. The van der Waals surface area contributed by atoms with E-state index in [1.54, 1.807) is 18.0 Å². The van der Waals surface area contributed by atoms with E-state index in [4.69, 9.17) is 11.6 Å². The Labute approximate surface area is 167 Å². The maximum absolute atomic E-state index is 12.9. The van der Waals surface area contributed by atoms with Gasteiger partial charge in [0.1, 0.15) is 5.82 Å². The molecule has 0 aliphatic carbocycles. The summed E-state index contributed by atoms with van der Waals surface area (Å²) in [7, 11) is 1.78. The molecule has 144 valence electrons. The second kappa shape index (κ2) is 6.91. The lowest BCUT2D eigenvalue weighted by Crippen LogP contribution is -2.51. The molecule has 1 fully saturated rings. The molecule has 1 N–H and O–H groups in total. The molecule has 0 unspecified atom stereocenters. The first-order valence-electron chi connectivity index (χ1n) is 9.02. The summed E-state index contributed by atoms with van der Waals surface area (Å²) < 4.78 is 0. The first kappa shape index (κ1) is 18.4. The van der Waals surface area contributed by atoms with Crippen LogP contribution >= 0.6 is 11.6 Å². The van der Waals surface area contributed by atoms with Crippen LogP contribution in [0.4, 0.5) is 11.5 Å². The van der Waals surface area contributed by atoms with Crippen molar-refractivity contribution in [2.24, 2.45) is 0 Å². The lowest BCUT2D eigenvalue weighted by Gasteiger charge is -2.38. The molecular formula is C20H19ClN4O3. The second-order valence-corrected chi connectivity index (χ2v) is 7.51. The Bertz CT molecular complexity index is 952. The van der Waals surface area contributed by atoms with Crippen molar-refractivity contribution in [2.45, 2.75) is 18.3 Å². The first-order valence-corrected chi connectivity index (χ1v) is 9.40. The Morgan fingerprint density at radius 3 is 2.54 bits per heavy atom. The van der Waals surface area contributed by atoms with E-state index in [9.17, 15) is 14.4 Å². The zero-order chi connectivity index (χ0) is 19.9. The van der Waals surface area contributed by atoms with Crippen molar-refractivity contribution in [2.75, 3.05) is 30.4 Å². The Morgan fingerprint density at radius 2 is 1.86 bits per heavy atom. The number of para-hydroxylation sites is 1. The van der Waals surface area contributed by atoms with E-state index >= 15 is 0 Å². The predicted molar refractivity (Wildman–Crippen MR) is 105 cm³/mol. The van der Waals surface area contributed by atoms with Gasteiger partial charge in [0.05, 0.1) is 10.4 Å². The second-order valence-electron chi connectivity index (χ2n) is 7.07. The average Bonchev–Trinajstić information content (AvgIpc) is 2.92. The van der Waals surface area contributed by atoms with Gasteiger partial charge in [-0.05, 0) is 36.6 Å². The third-order valence-corrected chi connectivity index (χ3v) is 5.79. The van der Waals surface area contributed by atoms with Crippen molar-refractivity contribution < 1.29 is 14.4 Å². The van der Waals surface area contributed by atoms with Gasteiger partial charge in [0.2, 0.25) is 5.91 Å². The monoisotopic (exact) mass is 398 g/mol. The van der Waals surface area contributed by atoms with Crippen molar-refractivity contribution in [3.63, 3.8) is 0 Å². The summed E-state index contributed by atoms with van der Waals surface area (Å²) in [5.41, 5.74) is 1.30. The molecule has 0 atom stereocenters. The number of pyridine rings is 1. The smallest absolute Gasteiger partial charge is 0.315 e. The van der Waals surface area contributed by atoms with Crippen LogP contribution in [0, 0.1) is 0 Å². The van der Waals surface area contributed by atoms with E-state index in [-0.39, 0.29) is 11.7 Å². The van der Waals surface area contributed by atoms with E-state index in [2.05, 4.69) is 10.3 Å². The molecule has 4 rings (SSSR count). The van der Waals surface area contributed by atoms with Gasteiger partial charge in [-0.1, -0.05) is 29.8 Å². The number of hydrogen-bond donors (Lipinski definition) is 1. The molecule has 1 aromatic heterocycles. The number of aromatic nitrogens is 1. The van der Waals surface area contributed by atoms with Crippen LogP contribution in [0.2, 0.25) is 5.02 Å². The van der Waals surface area contributed by atoms with E-state index in [1.807, 2.05) is 24.3 Å². The summed E-state index contributed by atoms with van der Waals surface area (Å²) >= 11 is 5.77. The Kier molecular flexibility index (Phi) is 4.55. The number of rotatable bonds is 1. The fourth-order valence-corrected chi connectivity index (χ4v) is 4.17. The number of nitrogens with zero attached hydrogens (tertiary/aromatic N) is 3. The summed E-state index contributed by atoms with van der Waals surface area (Å²) in [5, 5.41) is 2.93. The fraction of sp³-hybridized carbons (Fsp3) is 0.300. The van der Waals surface area contributed by atoms with E-state index in [1.165, 1.54) is 17.2 Å². The van der Waals surface area contributed by atoms with E-state index in [0.717, 1.165) is 11.3 Å². The number of hydrogen-bond acceptors (Lipinski definition) is 4. The van der Waals surface area contributed by atoms with Gasteiger partial charge in [0.25, 0.3) is 0 Å². The van der Waals surface area contributed by atoms with Gasteiger partial charge >= 0.3 is 11.8 Å². The number of likely N-dealkylation sites (N-methyl/N-ethyl adjacent to an activating group) is 1. The lowest BCUT2D eigenvalue weighted by atomic mass is 9.73. The number of benzene rings is 1. The highest BCUT2D eigenvalue weighted by Crippen LogP contribution is 2.47. The standard InChI is InChI=1S/C20H19ClN4O3/c1-24-15-5-3-2-4-14(15)20(19(24)28)8-10-25(11-9-20)18(27)17(26)23-16-7-6-13(21)12-22-16/h2-7,12H,8-11H2,1H3,(H,22,23,26). The van der Waals surface area contributed by atoms with Gasteiger partial charge in [0, 0.05) is 32.0 Å². The van der Waals surface area contributed by atoms with Gasteiger partial charge in [-0.2, -0.15) is 0 Å². The Balaban J connectivity index is 1.45. The molecule has 3 heterocycles. The third-order valence-electron chi connectivity index (χ3n) is 5.56. The first-order chi connectivity index (χ1) is 13.4. The molecule has 1 saturated heterocycles. The number of nitrogens with one attached hydrogen (secondary N) is 1. The maximum atomic E-state index is 12.9. The average molecular weight is 399 g/mol. The molecule has 0 saturated carbocycles. The minimum Gasteiger partial charge on any atom is -0.334 e. The molecule has 2 aliphatic rings. The minimum absolute atomic E-state index is 0.0515. The molecule has 0 bridgehead atoms. The molecule has 8 heteroatoms.